The summed E-state index contributed by atoms with van der Waals surface area (Å²) in [6, 6.07) is 3.49. The zero-order valence-corrected chi connectivity index (χ0v) is 13.9. The average molecular weight is 312 g/mol. The van der Waals surface area contributed by atoms with Gasteiger partial charge in [0.1, 0.15) is 11.6 Å². The molecule has 2 N–H and O–H groups in total. The largest absolute Gasteiger partial charge is 0.444 e. The summed E-state index contributed by atoms with van der Waals surface area (Å²) in [4.78, 5) is 24.7. The third-order valence-electron chi connectivity index (χ3n) is 2.61. The summed E-state index contributed by atoms with van der Waals surface area (Å²) in [5.74, 6) is -0.202. The van der Waals surface area contributed by atoms with Crippen LogP contribution in [0.3, 0.4) is 0 Å². The van der Waals surface area contributed by atoms with Gasteiger partial charge in [0.05, 0.1) is 0 Å². The minimum absolute atomic E-state index is 0.202. The fourth-order valence-corrected chi connectivity index (χ4v) is 2.38. The number of ether oxygens (including phenoxy) is 1. The van der Waals surface area contributed by atoms with Gasteiger partial charge in [-0.05, 0) is 52.0 Å². The molecule has 0 spiro atoms. The Kier molecular flexibility index (Phi) is 6.68. The number of nitrogens with one attached hydrogen (secondary N) is 2. The van der Waals surface area contributed by atoms with E-state index in [0.717, 1.165) is 12.8 Å². The molecule has 0 aromatic carbocycles. The standard InChI is InChI=1S/C15H24N2O3S/c1-11(17-14(19)20-15(2,3)4)13(18)16-9-5-7-12-8-6-10-21-12/h6,8,10-11H,5,7,9H2,1-4H3,(H,16,18)(H,17,19)/t11-/m1/s1. The molecule has 21 heavy (non-hydrogen) atoms. The van der Waals surface area contributed by atoms with Crippen LogP contribution in [0.25, 0.3) is 0 Å². The van der Waals surface area contributed by atoms with Gasteiger partial charge in [0, 0.05) is 11.4 Å². The zero-order chi connectivity index (χ0) is 15.9. The Labute approximate surface area is 130 Å². The quantitative estimate of drug-likeness (QED) is 0.794. The predicted octanol–water partition coefficient (Wildman–Crippen LogP) is 2.71. The Balaban J connectivity index is 2.20. The Morgan fingerprint density at radius 1 is 1.38 bits per heavy atom. The van der Waals surface area contributed by atoms with Crippen LogP contribution in [0, 0.1) is 0 Å². The van der Waals surface area contributed by atoms with E-state index in [1.807, 2.05) is 11.4 Å². The van der Waals surface area contributed by atoms with Crippen LogP contribution in [0.4, 0.5) is 4.79 Å². The topological polar surface area (TPSA) is 67.4 Å². The molecule has 1 aromatic heterocycles. The second-order valence-corrected chi connectivity index (χ2v) is 6.87. The van der Waals surface area contributed by atoms with Crippen molar-refractivity contribution >= 4 is 23.3 Å². The Morgan fingerprint density at radius 3 is 2.67 bits per heavy atom. The smallest absolute Gasteiger partial charge is 0.408 e. The minimum atomic E-state index is -0.610. The molecule has 0 bridgehead atoms. The molecule has 1 aromatic rings. The number of carbonyl (C=O) groups excluding carboxylic acids is 2. The fourth-order valence-electron chi connectivity index (χ4n) is 1.63. The molecule has 1 rings (SSSR count). The number of hydrogen-bond donors (Lipinski definition) is 2. The summed E-state index contributed by atoms with van der Waals surface area (Å²) >= 11 is 1.72. The molecule has 0 aliphatic rings. The highest BCUT2D eigenvalue weighted by atomic mass is 32.1. The first-order valence-electron chi connectivity index (χ1n) is 7.07. The van der Waals surface area contributed by atoms with Crippen LogP contribution in [-0.4, -0.2) is 30.2 Å². The molecule has 0 saturated carbocycles. The first kappa shape index (κ1) is 17.5. The first-order valence-corrected chi connectivity index (χ1v) is 7.95. The summed E-state index contributed by atoms with van der Waals surface area (Å²) in [5, 5.41) is 7.37. The van der Waals surface area contributed by atoms with Gasteiger partial charge in [-0.2, -0.15) is 0 Å². The molecule has 0 unspecified atom stereocenters. The molecule has 2 amide bonds. The summed E-state index contributed by atoms with van der Waals surface area (Å²) in [6.07, 6.45) is 1.25. The molecule has 1 atom stereocenters. The van der Waals surface area contributed by atoms with E-state index in [9.17, 15) is 9.59 Å². The van der Waals surface area contributed by atoms with Crippen molar-refractivity contribution in [1.29, 1.82) is 0 Å². The van der Waals surface area contributed by atoms with Gasteiger partial charge in [0.15, 0.2) is 0 Å². The third kappa shape index (κ3) is 7.70. The molecule has 0 saturated heterocycles. The molecular weight excluding hydrogens is 288 g/mol. The monoisotopic (exact) mass is 312 g/mol. The molecular formula is C15H24N2O3S. The maximum absolute atomic E-state index is 11.8. The minimum Gasteiger partial charge on any atom is -0.444 e. The number of alkyl carbamates (subject to hydrolysis) is 1. The average Bonchev–Trinajstić information content (AvgIpc) is 2.84. The van der Waals surface area contributed by atoms with Crippen LogP contribution in [0.15, 0.2) is 17.5 Å². The number of aryl methyl sites for hydroxylation is 1. The van der Waals surface area contributed by atoms with Gasteiger partial charge in [-0.1, -0.05) is 6.07 Å². The number of hydrogen-bond acceptors (Lipinski definition) is 4. The van der Waals surface area contributed by atoms with Crippen molar-refractivity contribution in [2.45, 2.75) is 52.2 Å². The molecule has 118 valence electrons. The van der Waals surface area contributed by atoms with E-state index in [1.165, 1.54) is 4.88 Å². The van der Waals surface area contributed by atoms with E-state index >= 15 is 0 Å². The predicted molar refractivity (Wildman–Crippen MR) is 84.5 cm³/mol. The zero-order valence-electron chi connectivity index (χ0n) is 13.1. The van der Waals surface area contributed by atoms with Crippen molar-refractivity contribution < 1.29 is 14.3 Å². The molecule has 0 aliphatic carbocycles. The fraction of sp³-hybridized carbons (Fsp3) is 0.600. The Hall–Kier alpha value is -1.56. The summed E-state index contributed by atoms with van der Waals surface area (Å²) < 4.78 is 5.10. The van der Waals surface area contributed by atoms with E-state index < -0.39 is 17.7 Å². The lowest BCUT2D eigenvalue weighted by molar-refractivity contribution is -0.122. The van der Waals surface area contributed by atoms with Crippen LogP contribution < -0.4 is 10.6 Å². The van der Waals surface area contributed by atoms with Crippen molar-refractivity contribution in [2.75, 3.05) is 6.54 Å². The lowest BCUT2D eigenvalue weighted by atomic mass is 10.2. The van der Waals surface area contributed by atoms with E-state index in [4.69, 9.17) is 4.74 Å². The van der Waals surface area contributed by atoms with Gasteiger partial charge in [-0.15, -0.1) is 11.3 Å². The summed E-state index contributed by atoms with van der Waals surface area (Å²) in [7, 11) is 0. The summed E-state index contributed by atoms with van der Waals surface area (Å²) in [6.45, 7) is 7.57. The van der Waals surface area contributed by atoms with Gasteiger partial charge >= 0.3 is 6.09 Å². The first-order chi connectivity index (χ1) is 9.78. The highest BCUT2D eigenvalue weighted by molar-refractivity contribution is 7.09. The van der Waals surface area contributed by atoms with Crippen LogP contribution in [0.1, 0.15) is 39.0 Å². The summed E-state index contributed by atoms with van der Waals surface area (Å²) in [5.41, 5.74) is -0.568. The van der Waals surface area contributed by atoms with Crippen LogP contribution >= 0.6 is 11.3 Å². The molecule has 5 nitrogen and oxygen atoms in total. The van der Waals surface area contributed by atoms with Gasteiger partial charge in [-0.3, -0.25) is 4.79 Å². The van der Waals surface area contributed by atoms with Gasteiger partial charge < -0.3 is 15.4 Å². The molecule has 6 heteroatoms. The van der Waals surface area contributed by atoms with Gasteiger partial charge in [0.25, 0.3) is 0 Å². The van der Waals surface area contributed by atoms with E-state index in [0.29, 0.717) is 6.54 Å². The second-order valence-electron chi connectivity index (χ2n) is 5.84. The number of carbonyl (C=O) groups is 2. The van der Waals surface area contributed by atoms with E-state index in [2.05, 4.69) is 16.7 Å². The number of rotatable bonds is 6. The van der Waals surface area contributed by atoms with Crippen molar-refractivity contribution in [1.82, 2.24) is 10.6 Å². The van der Waals surface area contributed by atoms with Gasteiger partial charge in [-0.25, -0.2) is 4.79 Å². The lowest BCUT2D eigenvalue weighted by Crippen LogP contribution is -2.46. The van der Waals surface area contributed by atoms with Crippen LogP contribution in [0.2, 0.25) is 0 Å². The molecule has 1 heterocycles. The Morgan fingerprint density at radius 2 is 2.10 bits per heavy atom. The molecule has 0 radical (unpaired) electrons. The molecule has 0 fully saturated rings. The van der Waals surface area contributed by atoms with Crippen molar-refractivity contribution in [3.05, 3.63) is 22.4 Å². The van der Waals surface area contributed by atoms with Crippen molar-refractivity contribution in [2.24, 2.45) is 0 Å². The lowest BCUT2D eigenvalue weighted by Gasteiger charge is -2.21. The van der Waals surface area contributed by atoms with E-state index in [-0.39, 0.29) is 5.91 Å². The van der Waals surface area contributed by atoms with Crippen LogP contribution in [-0.2, 0) is 16.0 Å². The Bertz CT molecular complexity index is 452. The van der Waals surface area contributed by atoms with E-state index in [1.54, 1.807) is 39.0 Å². The molecule has 0 aliphatic heterocycles. The normalized spacial score (nSPS) is 12.6. The van der Waals surface area contributed by atoms with Crippen molar-refractivity contribution in [3.63, 3.8) is 0 Å². The maximum Gasteiger partial charge on any atom is 0.408 e. The van der Waals surface area contributed by atoms with Gasteiger partial charge in [0.2, 0.25) is 5.91 Å². The third-order valence-corrected chi connectivity index (χ3v) is 3.54. The highest BCUT2D eigenvalue weighted by Crippen LogP contribution is 2.10. The number of amides is 2. The van der Waals surface area contributed by atoms with Crippen LogP contribution in [0.5, 0.6) is 0 Å². The second kappa shape index (κ2) is 8.02. The maximum atomic E-state index is 11.8. The van der Waals surface area contributed by atoms with Crippen molar-refractivity contribution in [3.8, 4) is 0 Å². The SMILES string of the molecule is C[C@@H](NC(=O)OC(C)(C)C)C(=O)NCCCc1cccs1. The highest BCUT2D eigenvalue weighted by Gasteiger charge is 2.20. The number of thiophene rings is 1.